The van der Waals surface area contributed by atoms with Gasteiger partial charge in [-0.3, -0.25) is 0 Å². The number of halogens is 1. The van der Waals surface area contributed by atoms with Gasteiger partial charge in [0.1, 0.15) is 0 Å². The molecule has 1 saturated carbocycles. The van der Waals surface area contributed by atoms with Crippen molar-refractivity contribution in [3.8, 4) is 0 Å². The van der Waals surface area contributed by atoms with Crippen molar-refractivity contribution >= 4 is 42.1 Å². The Hall–Kier alpha value is -0.681. The van der Waals surface area contributed by atoms with E-state index < -0.39 is 11.5 Å². The van der Waals surface area contributed by atoms with Gasteiger partial charge in [0, 0.05) is 0 Å². The predicted octanol–water partition coefficient (Wildman–Crippen LogP) is 1.50. The maximum absolute atomic E-state index is 11.6. The number of nitrogens with zero attached hydrogens (tertiary/aromatic N) is 1. The van der Waals surface area contributed by atoms with Crippen LogP contribution in [0.2, 0.25) is 0 Å². The van der Waals surface area contributed by atoms with E-state index in [9.17, 15) is 9.90 Å². The molecule has 0 aromatic carbocycles. The third-order valence-electron chi connectivity index (χ3n) is 3.93. The van der Waals surface area contributed by atoms with E-state index in [4.69, 9.17) is 5.73 Å². The van der Waals surface area contributed by atoms with Gasteiger partial charge in [-0.2, -0.15) is 0 Å². The Bertz CT molecular complexity index is 677. The first-order valence-corrected chi connectivity index (χ1v) is 9.10. The summed E-state index contributed by atoms with van der Waals surface area (Å²) in [7, 11) is 0. The first kappa shape index (κ1) is 14.3. The number of hydrogen-bond acceptors (Lipinski definition) is 2. The zero-order valence-electron chi connectivity index (χ0n) is 10.9. The molecule has 106 valence electrons. The zero-order chi connectivity index (χ0) is 14.3. The molecule has 0 bridgehead atoms. The molecule has 1 aliphatic carbocycles. The molecule has 1 aliphatic rings. The first-order valence-electron chi connectivity index (χ1n) is 6.69. The molecule has 0 atom stereocenters. The molecule has 0 saturated heterocycles. The van der Waals surface area contributed by atoms with Crippen LogP contribution in [0.25, 0.3) is 5.52 Å². The first-order chi connectivity index (χ1) is 9.53. The Morgan fingerprint density at radius 3 is 2.75 bits per heavy atom. The monoisotopic (exact) mass is 403 g/mol. The van der Waals surface area contributed by atoms with Crippen LogP contribution in [0.3, 0.4) is 0 Å². The number of aliphatic hydroxyl groups is 1. The summed E-state index contributed by atoms with van der Waals surface area (Å²) in [5.74, 6) is -0.431. The van der Waals surface area contributed by atoms with Crippen LogP contribution < -0.4 is 9.13 Å². The van der Waals surface area contributed by atoms with Gasteiger partial charge in [-0.1, -0.05) is 0 Å². The molecule has 2 aromatic heterocycles. The molecule has 6 heteroatoms. The van der Waals surface area contributed by atoms with E-state index in [1.54, 1.807) is 6.07 Å². The Kier molecular flexibility index (Phi) is 3.75. The second kappa shape index (κ2) is 5.26. The summed E-state index contributed by atoms with van der Waals surface area (Å²) in [5, 5.41) is 10.9. The molecular weight excluding hydrogens is 387 g/mol. The molecule has 0 radical (unpaired) electrons. The molecular formula is C14H16BrN2O2Se+. The fraction of sp³-hybridized carbons (Fsp3) is 0.429. The van der Waals surface area contributed by atoms with Crippen molar-refractivity contribution in [2.24, 2.45) is 5.73 Å². The molecule has 4 nitrogen and oxygen atoms in total. The number of fused-ring (bicyclic) bond motifs is 1. The number of rotatable bonds is 2. The summed E-state index contributed by atoms with van der Waals surface area (Å²) in [6, 6.07) is 3.57. The van der Waals surface area contributed by atoms with Crippen molar-refractivity contribution in [3.05, 3.63) is 32.8 Å². The summed E-state index contributed by atoms with van der Waals surface area (Å²) >= 11 is 3.58. The SMILES string of the molecule is NC(=O)c1ccc[n+]2[se]c(C3(O)CCCCC3)c(Br)c12. The Balaban J connectivity index is 2.21. The molecule has 1 amide bonds. The molecule has 0 spiro atoms. The van der Waals surface area contributed by atoms with Crippen molar-refractivity contribution in [1.82, 2.24) is 0 Å². The van der Waals surface area contributed by atoms with Crippen molar-refractivity contribution in [3.63, 3.8) is 0 Å². The number of aromatic nitrogens is 1. The van der Waals surface area contributed by atoms with Gasteiger partial charge in [-0.05, 0) is 0 Å². The predicted molar refractivity (Wildman–Crippen MR) is 79.7 cm³/mol. The van der Waals surface area contributed by atoms with E-state index in [-0.39, 0.29) is 14.7 Å². The van der Waals surface area contributed by atoms with Gasteiger partial charge in [0.15, 0.2) is 0 Å². The minimum absolute atomic E-state index is 0.0221. The quantitative estimate of drug-likeness (QED) is 0.747. The van der Waals surface area contributed by atoms with Crippen LogP contribution in [-0.2, 0) is 5.60 Å². The van der Waals surface area contributed by atoms with Gasteiger partial charge in [0.2, 0.25) is 0 Å². The van der Waals surface area contributed by atoms with Crippen LogP contribution in [0, 0.1) is 0 Å². The van der Waals surface area contributed by atoms with Gasteiger partial charge in [-0.15, -0.1) is 0 Å². The Labute approximate surface area is 131 Å². The molecule has 3 rings (SSSR count). The molecule has 2 heterocycles. The summed E-state index contributed by atoms with van der Waals surface area (Å²) in [6.07, 6.45) is 6.86. The summed E-state index contributed by atoms with van der Waals surface area (Å²) in [4.78, 5) is 11.6. The third-order valence-corrected chi connectivity index (χ3v) is 7.95. The van der Waals surface area contributed by atoms with Crippen molar-refractivity contribution in [2.45, 2.75) is 37.7 Å². The number of carbonyl (C=O) groups excluding carboxylic acids is 1. The standard InChI is InChI=1S/C14H15BrN2O2Se/c15-10-11-9(13(16)18)5-4-8-17(11)20-12(10)14(19)6-2-1-3-7-14/h4-5,8,19H,1-3,6-7H2,(H-,16,18)/p+1. The number of pyridine rings is 1. The molecule has 0 unspecified atom stereocenters. The number of primary amides is 1. The molecule has 1 fully saturated rings. The number of nitrogens with two attached hydrogens (primary N) is 1. The van der Waals surface area contributed by atoms with Crippen molar-refractivity contribution in [1.29, 1.82) is 0 Å². The fourth-order valence-electron chi connectivity index (χ4n) is 2.88. The van der Waals surface area contributed by atoms with Crippen molar-refractivity contribution in [2.75, 3.05) is 0 Å². The van der Waals surface area contributed by atoms with Gasteiger partial charge < -0.3 is 0 Å². The van der Waals surface area contributed by atoms with Crippen LogP contribution in [0.4, 0.5) is 0 Å². The third kappa shape index (κ3) is 2.25. The van der Waals surface area contributed by atoms with Crippen LogP contribution in [0.1, 0.15) is 46.9 Å². The minimum atomic E-state index is -0.724. The average molecular weight is 403 g/mol. The van der Waals surface area contributed by atoms with Crippen LogP contribution in [0.5, 0.6) is 0 Å². The van der Waals surface area contributed by atoms with Crippen LogP contribution in [-0.4, -0.2) is 25.7 Å². The van der Waals surface area contributed by atoms with Crippen molar-refractivity contribution < 1.29 is 13.3 Å². The van der Waals surface area contributed by atoms with E-state index in [0.717, 1.165) is 40.1 Å². The molecule has 20 heavy (non-hydrogen) atoms. The molecule has 3 N–H and O–H groups in total. The van der Waals surface area contributed by atoms with E-state index in [0.29, 0.717) is 5.56 Å². The second-order valence-electron chi connectivity index (χ2n) is 5.29. The number of hydrogen-bond donors (Lipinski definition) is 2. The number of amides is 1. The Morgan fingerprint density at radius 2 is 2.10 bits per heavy atom. The maximum atomic E-state index is 11.6. The average Bonchev–Trinajstić information content (AvgIpc) is 2.78. The van der Waals surface area contributed by atoms with Crippen LogP contribution in [0.15, 0.2) is 22.8 Å². The van der Waals surface area contributed by atoms with Gasteiger partial charge in [0.05, 0.1) is 0 Å². The number of carbonyl (C=O) groups is 1. The van der Waals surface area contributed by atoms with Crippen LogP contribution >= 0.6 is 15.9 Å². The van der Waals surface area contributed by atoms with Gasteiger partial charge in [-0.25, -0.2) is 0 Å². The normalized spacial score (nSPS) is 18.3. The van der Waals surface area contributed by atoms with E-state index in [2.05, 4.69) is 15.9 Å². The Morgan fingerprint density at radius 1 is 1.40 bits per heavy atom. The fourth-order valence-corrected chi connectivity index (χ4v) is 6.73. The zero-order valence-corrected chi connectivity index (χ0v) is 14.2. The summed E-state index contributed by atoms with van der Waals surface area (Å²) < 4.78 is 3.94. The summed E-state index contributed by atoms with van der Waals surface area (Å²) in [5.41, 5.74) is 6.05. The van der Waals surface area contributed by atoms with E-state index in [1.165, 1.54) is 6.42 Å². The topological polar surface area (TPSA) is 67.4 Å². The summed E-state index contributed by atoms with van der Waals surface area (Å²) in [6.45, 7) is 0. The van der Waals surface area contributed by atoms with E-state index in [1.807, 2.05) is 15.7 Å². The molecule has 0 aliphatic heterocycles. The van der Waals surface area contributed by atoms with E-state index >= 15 is 0 Å². The van der Waals surface area contributed by atoms with Gasteiger partial charge >= 0.3 is 132 Å². The second-order valence-corrected chi connectivity index (χ2v) is 8.15. The van der Waals surface area contributed by atoms with Gasteiger partial charge in [0.25, 0.3) is 0 Å². The molecule has 2 aromatic rings.